The Morgan fingerprint density at radius 3 is 2.79 bits per heavy atom. The zero-order valence-electron chi connectivity index (χ0n) is 13.8. The van der Waals surface area contributed by atoms with Crippen molar-refractivity contribution in [1.29, 1.82) is 0 Å². The van der Waals surface area contributed by atoms with Gasteiger partial charge in [-0.15, -0.1) is 0 Å². The number of hydrogen-bond donors (Lipinski definition) is 0. The highest BCUT2D eigenvalue weighted by Gasteiger charge is 2.36. The van der Waals surface area contributed by atoms with Crippen molar-refractivity contribution in [3.63, 3.8) is 0 Å². The van der Waals surface area contributed by atoms with E-state index in [1.807, 2.05) is 4.90 Å². The molecule has 1 saturated carbocycles. The Balaban J connectivity index is 1.53. The number of pyridine rings is 1. The third kappa shape index (κ3) is 2.08. The topological polar surface area (TPSA) is 24.7 Å². The first-order valence-electron chi connectivity index (χ1n) is 8.73. The molecule has 3 aromatic rings. The summed E-state index contributed by atoms with van der Waals surface area (Å²) in [5.41, 5.74) is 7.42. The largest absolute Gasteiger partial charge is 0.323 e. The van der Waals surface area contributed by atoms with Crippen molar-refractivity contribution in [3.8, 4) is 11.1 Å². The van der Waals surface area contributed by atoms with Gasteiger partial charge >= 0.3 is 0 Å². The van der Waals surface area contributed by atoms with Crippen LogP contribution in [-0.4, -0.2) is 16.9 Å². The normalized spacial score (nSPS) is 16.6. The van der Waals surface area contributed by atoms with Crippen molar-refractivity contribution in [2.24, 2.45) is 5.92 Å². The summed E-state index contributed by atoms with van der Waals surface area (Å²) in [6, 6.07) is 13.0. The summed E-state index contributed by atoms with van der Waals surface area (Å²) in [5.74, 6) is 0.613. The van der Waals surface area contributed by atoms with Gasteiger partial charge in [0.2, 0.25) is 5.91 Å². The fourth-order valence-corrected chi connectivity index (χ4v) is 3.80. The highest BCUT2D eigenvalue weighted by molar-refractivity contribution is 5.98. The van der Waals surface area contributed by atoms with Crippen LogP contribution >= 0.6 is 0 Å². The number of anilines is 1. The van der Waals surface area contributed by atoms with Crippen LogP contribution in [0.15, 0.2) is 48.8 Å². The van der Waals surface area contributed by atoms with Crippen molar-refractivity contribution >= 4 is 17.1 Å². The third-order valence-corrected chi connectivity index (χ3v) is 5.35. The molecule has 2 aromatic heterocycles. The summed E-state index contributed by atoms with van der Waals surface area (Å²) in [6.07, 6.45) is 7.38. The van der Waals surface area contributed by atoms with Gasteiger partial charge in [-0.3, -0.25) is 4.79 Å². The molecule has 0 N–H and O–H groups in total. The van der Waals surface area contributed by atoms with Gasteiger partial charge in [0.1, 0.15) is 0 Å². The molecule has 5 rings (SSSR count). The second kappa shape index (κ2) is 4.97. The van der Waals surface area contributed by atoms with E-state index in [1.165, 1.54) is 27.8 Å². The van der Waals surface area contributed by atoms with Gasteiger partial charge in [0.15, 0.2) is 0 Å². The molecular formula is C21H20N2O. The maximum atomic E-state index is 12.4. The van der Waals surface area contributed by atoms with E-state index in [4.69, 9.17) is 0 Å². The standard InChI is InChI=1S/C21H20N2O/c1-14-3-2-9-22-13-18(12-20(14)22)16-6-7-19-17(11-16)8-10-23(19)21(24)15-4-5-15/h2-3,6-7,9,11-13,15H,4-5,8,10H2,1H3. The van der Waals surface area contributed by atoms with Crippen molar-refractivity contribution in [3.05, 3.63) is 59.9 Å². The van der Waals surface area contributed by atoms with Gasteiger partial charge in [-0.25, -0.2) is 0 Å². The van der Waals surface area contributed by atoms with Gasteiger partial charge in [0, 0.05) is 41.6 Å². The third-order valence-electron chi connectivity index (χ3n) is 5.35. The Morgan fingerprint density at radius 2 is 2.00 bits per heavy atom. The van der Waals surface area contributed by atoms with Crippen molar-refractivity contribution < 1.29 is 4.79 Å². The molecule has 0 atom stereocenters. The van der Waals surface area contributed by atoms with E-state index in [0.717, 1.165) is 31.5 Å². The fraction of sp³-hybridized carbons (Fsp3) is 0.286. The highest BCUT2D eigenvalue weighted by Crippen LogP contribution is 2.38. The summed E-state index contributed by atoms with van der Waals surface area (Å²) < 4.78 is 2.18. The number of nitrogens with zero attached hydrogens (tertiary/aromatic N) is 2. The Bertz CT molecular complexity index is 965. The number of fused-ring (bicyclic) bond motifs is 2. The average molecular weight is 316 g/mol. The van der Waals surface area contributed by atoms with Crippen LogP contribution in [0.3, 0.4) is 0 Å². The maximum absolute atomic E-state index is 12.4. The Hall–Kier alpha value is -2.55. The number of aryl methyl sites for hydroxylation is 1. The smallest absolute Gasteiger partial charge is 0.230 e. The predicted octanol–water partition coefficient (Wildman–Crippen LogP) is 4.21. The molecule has 0 radical (unpaired) electrons. The molecule has 1 aliphatic carbocycles. The summed E-state index contributed by atoms with van der Waals surface area (Å²) in [5, 5.41) is 0. The van der Waals surface area contributed by atoms with Gasteiger partial charge in [-0.2, -0.15) is 0 Å². The van der Waals surface area contributed by atoms with E-state index in [0.29, 0.717) is 5.91 Å². The second-order valence-electron chi connectivity index (χ2n) is 7.07. The molecule has 120 valence electrons. The minimum atomic E-state index is 0.287. The molecular weight excluding hydrogens is 296 g/mol. The number of benzene rings is 1. The first-order chi connectivity index (χ1) is 11.7. The van der Waals surface area contributed by atoms with Crippen LogP contribution in [0.25, 0.3) is 16.6 Å². The molecule has 2 aliphatic rings. The summed E-state index contributed by atoms with van der Waals surface area (Å²) in [7, 11) is 0. The lowest BCUT2D eigenvalue weighted by Gasteiger charge is -2.17. The van der Waals surface area contributed by atoms with E-state index in [-0.39, 0.29) is 5.92 Å². The summed E-state index contributed by atoms with van der Waals surface area (Å²) in [4.78, 5) is 14.4. The zero-order chi connectivity index (χ0) is 16.3. The van der Waals surface area contributed by atoms with Crippen LogP contribution < -0.4 is 4.90 Å². The summed E-state index contributed by atoms with van der Waals surface area (Å²) >= 11 is 0. The van der Waals surface area contributed by atoms with Gasteiger partial charge < -0.3 is 9.30 Å². The van der Waals surface area contributed by atoms with Crippen molar-refractivity contribution in [2.45, 2.75) is 26.2 Å². The van der Waals surface area contributed by atoms with E-state index in [1.54, 1.807) is 0 Å². The van der Waals surface area contributed by atoms with Crippen molar-refractivity contribution in [1.82, 2.24) is 4.40 Å². The fourth-order valence-electron chi connectivity index (χ4n) is 3.80. The molecule has 0 bridgehead atoms. The van der Waals surface area contributed by atoms with Crippen molar-refractivity contribution in [2.75, 3.05) is 11.4 Å². The lowest BCUT2D eigenvalue weighted by atomic mass is 10.0. The molecule has 3 heteroatoms. The molecule has 3 nitrogen and oxygen atoms in total. The number of rotatable bonds is 2. The first kappa shape index (κ1) is 13.8. The lowest BCUT2D eigenvalue weighted by molar-refractivity contribution is -0.119. The molecule has 1 amide bonds. The van der Waals surface area contributed by atoms with E-state index >= 15 is 0 Å². The molecule has 0 spiro atoms. The predicted molar refractivity (Wildman–Crippen MR) is 96.4 cm³/mol. The Labute approximate surface area is 141 Å². The number of carbonyl (C=O) groups excluding carboxylic acids is 1. The van der Waals surface area contributed by atoms with Crippen LogP contribution in [-0.2, 0) is 11.2 Å². The quantitative estimate of drug-likeness (QED) is 0.695. The first-order valence-corrected chi connectivity index (χ1v) is 8.73. The van der Waals surface area contributed by atoms with E-state index in [2.05, 4.69) is 60.1 Å². The monoisotopic (exact) mass is 316 g/mol. The number of aromatic nitrogens is 1. The molecule has 0 unspecified atom stereocenters. The lowest BCUT2D eigenvalue weighted by Crippen LogP contribution is -2.30. The average Bonchev–Trinajstić information content (AvgIpc) is 3.20. The van der Waals surface area contributed by atoms with Crippen LogP contribution in [0.4, 0.5) is 5.69 Å². The summed E-state index contributed by atoms with van der Waals surface area (Å²) in [6.45, 7) is 2.98. The molecule has 24 heavy (non-hydrogen) atoms. The van der Waals surface area contributed by atoms with Gasteiger partial charge in [-0.1, -0.05) is 12.1 Å². The Morgan fingerprint density at radius 1 is 1.12 bits per heavy atom. The number of amides is 1. The van der Waals surface area contributed by atoms with Gasteiger partial charge in [0.25, 0.3) is 0 Å². The van der Waals surface area contributed by atoms with Crippen LogP contribution in [0.1, 0.15) is 24.0 Å². The second-order valence-corrected chi connectivity index (χ2v) is 7.07. The molecule has 1 aromatic carbocycles. The molecule has 0 saturated heterocycles. The minimum absolute atomic E-state index is 0.287. The van der Waals surface area contributed by atoms with Crippen LogP contribution in [0.2, 0.25) is 0 Å². The van der Waals surface area contributed by atoms with Crippen LogP contribution in [0, 0.1) is 12.8 Å². The maximum Gasteiger partial charge on any atom is 0.230 e. The SMILES string of the molecule is Cc1cccn2cc(-c3ccc4c(c3)CCN4C(=O)C3CC3)cc12. The number of carbonyl (C=O) groups is 1. The van der Waals surface area contributed by atoms with E-state index < -0.39 is 0 Å². The van der Waals surface area contributed by atoms with E-state index in [9.17, 15) is 4.79 Å². The van der Waals surface area contributed by atoms with Gasteiger partial charge in [0.05, 0.1) is 0 Å². The number of hydrogen-bond acceptors (Lipinski definition) is 1. The van der Waals surface area contributed by atoms with Gasteiger partial charge in [-0.05, 0) is 67.1 Å². The zero-order valence-corrected chi connectivity index (χ0v) is 13.8. The molecule has 3 heterocycles. The Kier molecular flexibility index (Phi) is 2.87. The van der Waals surface area contributed by atoms with Crippen LogP contribution in [0.5, 0.6) is 0 Å². The molecule has 1 fully saturated rings. The minimum Gasteiger partial charge on any atom is -0.323 e. The molecule has 1 aliphatic heterocycles. The highest BCUT2D eigenvalue weighted by atomic mass is 16.2.